The van der Waals surface area contributed by atoms with Crippen molar-refractivity contribution < 1.29 is 22.7 Å². The highest BCUT2D eigenvalue weighted by molar-refractivity contribution is 7.92. The number of halogens is 1. The SMILES string of the molecule is CCC(C)NC(=O)C(CC)N(Cc1ccc(Cl)cc1)C(=O)CCCN(c1ccc(OC)cc1)S(C)(=O)=O. The van der Waals surface area contributed by atoms with Crippen LogP contribution < -0.4 is 14.4 Å². The van der Waals surface area contributed by atoms with Crippen LogP contribution in [0.4, 0.5) is 5.69 Å². The zero-order chi connectivity index (χ0) is 27.6. The van der Waals surface area contributed by atoms with Crippen LogP contribution in [-0.4, -0.2) is 57.1 Å². The number of anilines is 1. The maximum Gasteiger partial charge on any atom is 0.243 e. The summed E-state index contributed by atoms with van der Waals surface area (Å²) in [5.41, 5.74) is 1.34. The van der Waals surface area contributed by atoms with Gasteiger partial charge < -0.3 is 15.0 Å². The zero-order valence-electron chi connectivity index (χ0n) is 22.2. The molecule has 2 aromatic rings. The quantitative estimate of drug-likeness (QED) is 0.370. The summed E-state index contributed by atoms with van der Waals surface area (Å²) in [6.07, 6.45) is 2.74. The molecule has 0 aromatic heterocycles. The molecular weight excluding hydrogens is 514 g/mol. The van der Waals surface area contributed by atoms with Crippen LogP contribution in [0, 0.1) is 0 Å². The topological polar surface area (TPSA) is 96.0 Å². The molecule has 0 fully saturated rings. The van der Waals surface area contributed by atoms with Crippen LogP contribution in [-0.2, 0) is 26.2 Å². The first kappa shape index (κ1) is 30.4. The molecule has 37 heavy (non-hydrogen) atoms. The van der Waals surface area contributed by atoms with Gasteiger partial charge in [0, 0.05) is 30.6 Å². The third-order valence-corrected chi connectivity index (χ3v) is 7.61. The van der Waals surface area contributed by atoms with Gasteiger partial charge in [-0.25, -0.2) is 8.42 Å². The van der Waals surface area contributed by atoms with Crippen LogP contribution in [0.2, 0.25) is 5.02 Å². The Balaban J connectivity index is 2.21. The van der Waals surface area contributed by atoms with Crippen molar-refractivity contribution in [2.45, 2.75) is 65.1 Å². The Morgan fingerprint density at radius 3 is 2.16 bits per heavy atom. The molecule has 2 rings (SSSR count). The fraction of sp³-hybridized carbons (Fsp3) is 0.481. The molecule has 0 heterocycles. The van der Waals surface area contributed by atoms with E-state index < -0.39 is 16.1 Å². The van der Waals surface area contributed by atoms with Gasteiger partial charge in [0.15, 0.2) is 0 Å². The number of rotatable bonds is 14. The number of ether oxygens (including phenoxy) is 1. The number of benzene rings is 2. The van der Waals surface area contributed by atoms with Gasteiger partial charge in [-0.05, 0) is 68.1 Å². The van der Waals surface area contributed by atoms with E-state index >= 15 is 0 Å². The van der Waals surface area contributed by atoms with E-state index in [2.05, 4.69) is 5.32 Å². The minimum Gasteiger partial charge on any atom is -0.497 e. The maximum atomic E-state index is 13.5. The molecule has 8 nitrogen and oxygen atoms in total. The predicted octanol–water partition coefficient (Wildman–Crippen LogP) is 4.62. The van der Waals surface area contributed by atoms with Crippen LogP contribution in [0.15, 0.2) is 48.5 Å². The van der Waals surface area contributed by atoms with Crippen LogP contribution in [0.5, 0.6) is 5.75 Å². The first-order chi connectivity index (χ1) is 17.5. The molecule has 0 aliphatic carbocycles. The zero-order valence-corrected chi connectivity index (χ0v) is 23.8. The molecule has 0 radical (unpaired) electrons. The Hall–Kier alpha value is -2.78. The number of hydrogen-bond donors (Lipinski definition) is 1. The lowest BCUT2D eigenvalue weighted by Gasteiger charge is -2.32. The Labute approximate surface area is 226 Å². The van der Waals surface area contributed by atoms with Crippen LogP contribution in [0.3, 0.4) is 0 Å². The first-order valence-corrected chi connectivity index (χ1v) is 14.7. The third kappa shape index (κ3) is 9.23. The van der Waals surface area contributed by atoms with Crippen LogP contribution in [0.1, 0.15) is 52.0 Å². The van der Waals surface area contributed by atoms with Gasteiger partial charge >= 0.3 is 0 Å². The highest BCUT2D eigenvalue weighted by atomic mass is 35.5. The molecule has 0 saturated carbocycles. The molecule has 0 aliphatic rings. The maximum absolute atomic E-state index is 13.5. The van der Waals surface area contributed by atoms with E-state index in [1.54, 1.807) is 41.3 Å². The summed E-state index contributed by atoms with van der Waals surface area (Å²) in [7, 11) is -2.03. The Bertz CT molecular complexity index is 1120. The fourth-order valence-electron chi connectivity index (χ4n) is 3.90. The van der Waals surface area contributed by atoms with Gasteiger partial charge in [0.05, 0.1) is 19.1 Å². The van der Waals surface area contributed by atoms with Gasteiger partial charge in [-0.15, -0.1) is 0 Å². The van der Waals surface area contributed by atoms with Gasteiger partial charge in [-0.2, -0.15) is 0 Å². The van der Waals surface area contributed by atoms with Crippen molar-refractivity contribution >= 4 is 39.1 Å². The lowest BCUT2D eigenvalue weighted by Crippen LogP contribution is -2.50. The van der Waals surface area contributed by atoms with E-state index in [0.29, 0.717) is 29.3 Å². The lowest BCUT2D eigenvalue weighted by molar-refractivity contribution is -0.141. The molecule has 0 saturated heterocycles. The molecule has 0 aliphatic heterocycles. The van der Waals surface area contributed by atoms with E-state index in [9.17, 15) is 18.0 Å². The number of hydrogen-bond acceptors (Lipinski definition) is 5. The summed E-state index contributed by atoms with van der Waals surface area (Å²) in [6.45, 7) is 6.16. The second-order valence-electron chi connectivity index (χ2n) is 9.03. The fourth-order valence-corrected chi connectivity index (χ4v) is 4.99. The van der Waals surface area contributed by atoms with Crippen molar-refractivity contribution in [2.24, 2.45) is 0 Å². The molecule has 0 bridgehead atoms. The summed E-state index contributed by atoms with van der Waals surface area (Å²) >= 11 is 6.02. The summed E-state index contributed by atoms with van der Waals surface area (Å²) in [6, 6.07) is 13.2. The number of sulfonamides is 1. The molecule has 204 valence electrons. The average molecular weight is 552 g/mol. The van der Waals surface area contributed by atoms with E-state index in [4.69, 9.17) is 16.3 Å². The minimum atomic E-state index is -3.57. The highest BCUT2D eigenvalue weighted by Crippen LogP contribution is 2.23. The summed E-state index contributed by atoms with van der Waals surface area (Å²) < 4.78 is 31.4. The van der Waals surface area contributed by atoms with Crippen molar-refractivity contribution in [1.29, 1.82) is 0 Å². The Morgan fingerprint density at radius 1 is 1.03 bits per heavy atom. The van der Waals surface area contributed by atoms with Gasteiger partial charge in [-0.3, -0.25) is 13.9 Å². The van der Waals surface area contributed by atoms with Crippen molar-refractivity contribution in [2.75, 3.05) is 24.2 Å². The monoisotopic (exact) mass is 551 g/mol. The third-order valence-electron chi connectivity index (χ3n) is 6.17. The van der Waals surface area contributed by atoms with Gasteiger partial charge in [0.1, 0.15) is 11.8 Å². The average Bonchev–Trinajstić information content (AvgIpc) is 2.86. The van der Waals surface area contributed by atoms with E-state index in [0.717, 1.165) is 18.2 Å². The number of nitrogens with one attached hydrogen (secondary N) is 1. The molecule has 10 heteroatoms. The molecule has 2 atom stereocenters. The van der Waals surface area contributed by atoms with Crippen molar-refractivity contribution in [3.05, 3.63) is 59.1 Å². The number of carbonyl (C=O) groups is 2. The predicted molar refractivity (Wildman–Crippen MR) is 148 cm³/mol. The molecule has 0 spiro atoms. The Morgan fingerprint density at radius 2 is 1.65 bits per heavy atom. The van der Waals surface area contributed by atoms with E-state index in [1.807, 2.05) is 32.9 Å². The second-order valence-corrected chi connectivity index (χ2v) is 11.4. The summed E-state index contributed by atoms with van der Waals surface area (Å²) in [4.78, 5) is 28.1. The van der Waals surface area contributed by atoms with Crippen molar-refractivity contribution in [1.82, 2.24) is 10.2 Å². The number of carbonyl (C=O) groups excluding carboxylic acids is 2. The summed E-state index contributed by atoms with van der Waals surface area (Å²) in [5, 5.41) is 3.57. The Kier molecular flexibility index (Phi) is 11.7. The standard InChI is InChI=1S/C27H38ClN3O5S/c1-6-20(3)29-27(33)25(7-2)30(19-21-10-12-22(28)13-11-21)26(32)9-8-18-31(37(5,34)35)23-14-16-24(36-4)17-15-23/h10-17,20,25H,6-9,18-19H2,1-5H3,(H,29,33). The van der Waals surface area contributed by atoms with E-state index in [1.165, 1.54) is 11.4 Å². The van der Waals surface area contributed by atoms with Gasteiger partial charge in [-0.1, -0.05) is 37.6 Å². The first-order valence-electron chi connectivity index (χ1n) is 12.5. The smallest absolute Gasteiger partial charge is 0.243 e. The second kappa shape index (κ2) is 14.2. The van der Waals surface area contributed by atoms with Crippen molar-refractivity contribution in [3.63, 3.8) is 0 Å². The lowest BCUT2D eigenvalue weighted by atomic mass is 10.1. The number of amides is 2. The molecule has 2 amide bonds. The molecular formula is C27H38ClN3O5S. The van der Waals surface area contributed by atoms with Crippen molar-refractivity contribution in [3.8, 4) is 5.75 Å². The molecule has 2 unspecified atom stereocenters. The number of methoxy groups -OCH3 is 1. The summed E-state index contributed by atoms with van der Waals surface area (Å²) in [5.74, 6) is 0.200. The van der Waals surface area contributed by atoms with E-state index in [-0.39, 0.29) is 37.4 Å². The van der Waals surface area contributed by atoms with Gasteiger partial charge in [0.25, 0.3) is 0 Å². The number of nitrogens with zero attached hydrogens (tertiary/aromatic N) is 2. The van der Waals surface area contributed by atoms with Crippen LogP contribution in [0.25, 0.3) is 0 Å². The van der Waals surface area contributed by atoms with Gasteiger partial charge in [0.2, 0.25) is 21.8 Å². The van der Waals surface area contributed by atoms with Crippen LogP contribution >= 0.6 is 11.6 Å². The molecule has 1 N–H and O–H groups in total. The minimum absolute atomic E-state index is 0.0122. The molecule has 2 aromatic carbocycles. The largest absolute Gasteiger partial charge is 0.497 e. The highest BCUT2D eigenvalue weighted by Gasteiger charge is 2.29. The normalized spacial score (nSPS) is 12.9.